The zero-order valence-electron chi connectivity index (χ0n) is 18.8. The smallest absolute Gasteiger partial charge is 0.218 e. The van der Waals surface area contributed by atoms with E-state index in [1.807, 2.05) is 54.6 Å². The summed E-state index contributed by atoms with van der Waals surface area (Å²) in [5.74, 6) is 0.684. The van der Waals surface area contributed by atoms with Gasteiger partial charge in [-0.2, -0.15) is 0 Å². The number of benzene rings is 3. The van der Waals surface area contributed by atoms with Crippen molar-refractivity contribution in [2.75, 3.05) is 23.4 Å². The molecule has 4 aromatic rings. The van der Waals surface area contributed by atoms with Gasteiger partial charge in [-0.15, -0.1) is 0 Å². The van der Waals surface area contributed by atoms with Crippen LogP contribution in [0.2, 0.25) is 0 Å². The maximum Gasteiger partial charge on any atom is 0.218 e. The predicted octanol–water partition coefficient (Wildman–Crippen LogP) is 5.47. The molecule has 0 aliphatic carbocycles. The van der Waals surface area contributed by atoms with Gasteiger partial charge in [0, 0.05) is 36.5 Å². The molecule has 0 radical (unpaired) electrons. The van der Waals surface area contributed by atoms with Gasteiger partial charge in [0.25, 0.3) is 0 Å². The average molecular weight is 438 g/mol. The van der Waals surface area contributed by atoms with Crippen LogP contribution in [0.3, 0.4) is 0 Å². The number of carbonyl (C=O) groups excluding carboxylic acids is 1. The number of carbonyl (C=O) groups is 1. The second-order valence-electron chi connectivity index (χ2n) is 7.65. The lowest BCUT2D eigenvalue weighted by molar-refractivity contribution is -0.118. The fourth-order valence-electron chi connectivity index (χ4n) is 3.57. The fraction of sp³-hybridized carbons (Fsp3) is 0.148. The third kappa shape index (κ3) is 5.74. The lowest BCUT2D eigenvalue weighted by Gasteiger charge is -2.23. The first kappa shape index (κ1) is 22.0. The van der Waals surface area contributed by atoms with Crippen LogP contribution in [-0.4, -0.2) is 29.1 Å². The van der Waals surface area contributed by atoms with Crippen molar-refractivity contribution in [1.82, 2.24) is 15.3 Å². The van der Waals surface area contributed by atoms with E-state index in [1.54, 1.807) is 6.33 Å². The summed E-state index contributed by atoms with van der Waals surface area (Å²) in [4.78, 5) is 22.2. The van der Waals surface area contributed by atoms with Crippen LogP contribution in [0.5, 0.6) is 0 Å². The Hall–Kier alpha value is -4.19. The van der Waals surface area contributed by atoms with Crippen molar-refractivity contribution in [3.8, 4) is 22.4 Å². The topological polar surface area (TPSA) is 70.2 Å². The first-order chi connectivity index (χ1) is 16.1. The minimum Gasteiger partial charge on any atom is -0.354 e. The van der Waals surface area contributed by atoms with Gasteiger partial charge in [-0.25, -0.2) is 9.97 Å². The highest BCUT2D eigenvalue weighted by molar-refractivity contribution is 5.74. The summed E-state index contributed by atoms with van der Waals surface area (Å²) in [5.41, 5.74) is 6.18. The van der Waals surface area contributed by atoms with Crippen LogP contribution in [0.15, 0.2) is 91.3 Å². The summed E-state index contributed by atoms with van der Waals surface area (Å²) in [6.07, 6.45) is 1.58. The molecule has 0 aliphatic heterocycles. The van der Waals surface area contributed by atoms with Crippen LogP contribution in [0.25, 0.3) is 22.4 Å². The van der Waals surface area contributed by atoms with E-state index < -0.39 is 0 Å². The predicted molar refractivity (Wildman–Crippen MR) is 134 cm³/mol. The highest BCUT2D eigenvalue weighted by Crippen LogP contribution is 2.27. The number of amides is 1. The minimum absolute atomic E-state index is 0.0411. The Morgan fingerprint density at radius 1 is 0.848 bits per heavy atom. The van der Waals surface area contributed by atoms with Gasteiger partial charge < -0.3 is 15.5 Å². The van der Waals surface area contributed by atoms with Crippen molar-refractivity contribution in [2.24, 2.45) is 0 Å². The van der Waals surface area contributed by atoms with Crippen molar-refractivity contribution < 1.29 is 4.79 Å². The van der Waals surface area contributed by atoms with Crippen LogP contribution < -0.4 is 15.5 Å². The SMILES string of the molecule is CCN(CNC(C)=O)c1ccc(Nc2cc(-c3cccc(-c4ccccc4)c3)ncn2)cc1. The van der Waals surface area contributed by atoms with Crippen molar-refractivity contribution in [2.45, 2.75) is 13.8 Å². The lowest BCUT2D eigenvalue weighted by Crippen LogP contribution is -2.36. The largest absolute Gasteiger partial charge is 0.354 e. The molecule has 1 heterocycles. The Labute approximate surface area is 194 Å². The van der Waals surface area contributed by atoms with Gasteiger partial charge >= 0.3 is 0 Å². The van der Waals surface area contributed by atoms with E-state index in [0.717, 1.165) is 40.6 Å². The van der Waals surface area contributed by atoms with E-state index in [4.69, 9.17) is 0 Å². The molecule has 0 aliphatic rings. The second kappa shape index (κ2) is 10.4. The number of hydrogen-bond acceptors (Lipinski definition) is 5. The monoisotopic (exact) mass is 437 g/mol. The highest BCUT2D eigenvalue weighted by Gasteiger charge is 2.07. The molecule has 0 spiro atoms. The van der Waals surface area contributed by atoms with E-state index in [9.17, 15) is 4.79 Å². The Kier molecular flexibility index (Phi) is 6.95. The normalized spacial score (nSPS) is 10.5. The molecule has 2 N–H and O–H groups in total. The molecule has 6 nitrogen and oxygen atoms in total. The van der Waals surface area contributed by atoms with Crippen LogP contribution in [0, 0.1) is 0 Å². The summed E-state index contributed by atoms with van der Waals surface area (Å²) in [6, 6.07) is 28.7. The first-order valence-corrected chi connectivity index (χ1v) is 11.0. The number of hydrogen-bond donors (Lipinski definition) is 2. The average Bonchev–Trinajstić information content (AvgIpc) is 2.86. The second-order valence-corrected chi connectivity index (χ2v) is 7.65. The molecule has 1 amide bonds. The quantitative estimate of drug-likeness (QED) is 0.358. The summed E-state index contributed by atoms with van der Waals surface area (Å²) >= 11 is 0. The van der Waals surface area contributed by atoms with Crippen LogP contribution >= 0.6 is 0 Å². The number of anilines is 3. The number of rotatable bonds is 8. The third-order valence-corrected chi connectivity index (χ3v) is 5.34. The van der Waals surface area contributed by atoms with E-state index in [-0.39, 0.29) is 5.91 Å². The van der Waals surface area contributed by atoms with Gasteiger partial charge in [-0.05, 0) is 48.4 Å². The molecule has 0 saturated heterocycles. The Morgan fingerprint density at radius 3 is 2.30 bits per heavy atom. The van der Waals surface area contributed by atoms with E-state index >= 15 is 0 Å². The lowest BCUT2D eigenvalue weighted by atomic mass is 10.0. The molecule has 4 rings (SSSR count). The zero-order chi connectivity index (χ0) is 23.0. The van der Waals surface area contributed by atoms with E-state index in [1.165, 1.54) is 12.5 Å². The van der Waals surface area contributed by atoms with Gasteiger partial charge in [-0.3, -0.25) is 4.79 Å². The molecule has 1 aromatic heterocycles. The van der Waals surface area contributed by atoms with Crippen molar-refractivity contribution in [3.05, 3.63) is 91.3 Å². The third-order valence-electron chi connectivity index (χ3n) is 5.34. The van der Waals surface area contributed by atoms with Gasteiger partial charge in [0.1, 0.15) is 12.1 Å². The van der Waals surface area contributed by atoms with Crippen LogP contribution in [-0.2, 0) is 4.79 Å². The molecular formula is C27H27N5O. The number of nitrogens with zero attached hydrogens (tertiary/aromatic N) is 3. The molecule has 6 heteroatoms. The van der Waals surface area contributed by atoms with Gasteiger partial charge in [-0.1, -0.05) is 48.5 Å². The number of nitrogens with one attached hydrogen (secondary N) is 2. The van der Waals surface area contributed by atoms with Gasteiger partial charge in [0.2, 0.25) is 5.91 Å². The molecule has 0 saturated carbocycles. The standard InChI is InChI=1S/C27H27N5O/c1-3-32(19-30-20(2)33)25-14-12-24(13-15-25)31-27-17-26(28-18-29-27)23-11-7-10-22(16-23)21-8-5-4-6-9-21/h4-18H,3,19H2,1-2H3,(H,30,33)(H,28,29,31). The molecule has 166 valence electrons. The fourth-order valence-corrected chi connectivity index (χ4v) is 3.57. The maximum absolute atomic E-state index is 11.2. The van der Waals surface area contributed by atoms with E-state index in [2.05, 4.69) is 62.8 Å². The van der Waals surface area contributed by atoms with E-state index in [0.29, 0.717) is 6.67 Å². The molecule has 3 aromatic carbocycles. The highest BCUT2D eigenvalue weighted by atomic mass is 16.1. The summed E-state index contributed by atoms with van der Waals surface area (Å²) in [5, 5.41) is 6.20. The summed E-state index contributed by atoms with van der Waals surface area (Å²) < 4.78 is 0. The molecule has 0 atom stereocenters. The summed E-state index contributed by atoms with van der Waals surface area (Å²) in [7, 11) is 0. The first-order valence-electron chi connectivity index (χ1n) is 11.0. The van der Waals surface area contributed by atoms with Crippen molar-refractivity contribution in [1.29, 1.82) is 0 Å². The number of aromatic nitrogens is 2. The Bertz CT molecular complexity index is 1210. The van der Waals surface area contributed by atoms with Crippen LogP contribution in [0.4, 0.5) is 17.2 Å². The Morgan fingerprint density at radius 2 is 1.58 bits per heavy atom. The molecule has 33 heavy (non-hydrogen) atoms. The minimum atomic E-state index is -0.0411. The van der Waals surface area contributed by atoms with Gasteiger partial charge in [0.05, 0.1) is 12.4 Å². The Balaban J connectivity index is 1.49. The van der Waals surface area contributed by atoms with Crippen molar-refractivity contribution in [3.63, 3.8) is 0 Å². The van der Waals surface area contributed by atoms with Crippen LogP contribution in [0.1, 0.15) is 13.8 Å². The molecule has 0 unspecified atom stereocenters. The zero-order valence-corrected chi connectivity index (χ0v) is 18.8. The molecule has 0 bridgehead atoms. The molecule has 0 fully saturated rings. The van der Waals surface area contributed by atoms with Crippen molar-refractivity contribution >= 4 is 23.1 Å². The molecular weight excluding hydrogens is 410 g/mol. The summed E-state index contributed by atoms with van der Waals surface area (Å²) in [6.45, 7) is 4.86. The van der Waals surface area contributed by atoms with Gasteiger partial charge in [0.15, 0.2) is 0 Å². The maximum atomic E-state index is 11.2.